The molecule has 5 heteroatoms. The van der Waals surface area contributed by atoms with Crippen molar-refractivity contribution < 1.29 is 0 Å². The largest absolute Gasteiger partial charge is 0.283 e. The molecule has 0 atom stereocenters. The number of fused-ring (bicyclic) bond motifs is 1. The quantitative estimate of drug-likeness (QED) is 0.683. The minimum Gasteiger partial charge on any atom is -0.283 e. The molecule has 0 aliphatic heterocycles. The molecule has 0 amide bonds. The minimum atomic E-state index is 0.794. The molecule has 0 spiro atoms. The molecule has 0 fully saturated rings. The van der Waals surface area contributed by atoms with E-state index >= 15 is 0 Å². The fourth-order valence-corrected chi connectivity index (χ4v) is 2.28. The van der Waals surface area contributed by atoms with Crippen molar-refractivity contribution in [3.05, 3.63) is 47.1 Å². The smallest absolute Gasteiger partial charge is 0.143 e. The Bertz CT molecular complexity index is 705. The monoisotopic (exact) mass is 302 g/mol. The van der Waals surface area contributed by atoms with Gasteiger partial charge in [0.15, 0.2) is 0 Å². The summed E-state index contributed by atoms with van der Waals surface area (Å²) < 4.78 is 2.77. The van der Waals surface area contributed by atoms with Gasteiger partial charge in [-0.3, -0.25) is 4.57 Å². The van der Waals surface area contributed by atoms with E-state index in [1.165, 1.54) is 0 Å². The Morgan fingerprint density at radius 2 is 2.06 bits per heavy atom. The lowest BCUT2D eigenvalue weighted by Gasteiger charge is -2.05. The van der Waals surface area contributed by atoms with E-state index in [2.05, 4.69) is 30.9 Å². The van der Waals surface area contributed by atoms with Gasteiger partial charge in [-0.1, -0.05) is 19.1 Å². The topological polar surface area (TPSA) is 43.6 Å². The molecule has 18 heavy (non-hydrogen) atoms. The Morgan fingerprint density at radius 3 is 2.89 bits per heavy atom. The first kappa shape index (κ1) is 11.3. The second-order valence-corrected chi connectivity index (χ2v) is 4.73. The standard InChI is InChI=1S/C13H11BrN4/c1-2-12-16-11(14)7-13(17-12)18-8-15-9-5-3-4-6-10(9)18/h3-8H,2H2,1H3. The second kappa shape index (κ2) is 4.49. The zero-order chi connectivity index (χ0) is 12.5. The number of halogens is 1. The number of hydrogen-bond donors (Lipinski definition) is 0. The highest BCUT2D eigenvalue weighted by Gasteiger charge is 2.07. The van der Waals surface area contributed by atoms with Crippen LogP contribution in [0.3, 0.4) is 0 Å². The first-order valence-corrected chi connectivity index (χ1v) is 6.53. The van der Waals surface area contributed by atoms with Gasteiger partial charge in [0.25, 0.3) is 0 Å². The summed E-state index contributed by atoms with van der Waals surface area (Å²) >= 11 is 3.42. The molecule has 1 aromatic carbocycles. The summed E-state index contributed by atoms with van der Waals surface area (Å²) in [5.41, 5.74) is 2.01. The van der Waals surface area contributed by atoms with E-state index in [9.17, 15) is 0 Å². The van der Waals surface area contributed by atoms with Crippen LogP contribution in [-0.2, 0) is 6.42 Å². The maximum atomic E-state index is 4.53. The summed E-state index contributed by atoms with van der Waals surface area (Å²) in [6.07, 6.45) is 2.60. The number of rotatable bonds is 2. The summed E-state index contributed by atoms with van der Waals surface area (Å²) in [5.74, 6) is 1.65. The Labute approximate surface area is 113 Å². The summed E-state index contributed by atoms with van der Waals surface area (Å²) in [7, 11) is 0. The highest BCUT2D eigenvalue weighted by atomic mass is 79.9. The Balaban J connectivity index is 2.22. The molecule has 90 valence electrons. The maximum Gasteiger partial charge on any atom is 0.143 e. The van der Waals surface area contributed by atoms with E-state index in [0.29, 0.717) is 0 Å². The van der Waals surface area contributed by atoms with Gasteiger partial charge in [-0.15, -0.1) is 0 Å². The van der Waals surface area contributed by atoms with Gasteiger partial charge < -0.3 is 0 Å². The van der Waals surface area contributed by atoms with Crippen LogP contribution < -0.4 is 0 Å². The number of nitrogens with zero attached hydrogens (tertiary/aromatic N) is 4. The van der Waals surface area contributed by atoms with Crippen LogP contribution in [0.25, 0.3) is 16.9 Å². The molecule has 3 aromatic rings. The van der Waals surface area contributed by atoms with Crippen LogP contribution in [0.2, 0.25) is 0 Å². The van der Waals surface area contributed by atoms with Gasteiger partial charge in [0.05, 0.1) is 11.0 Å². The Kier molecular flexibility index (Phi) is 2.83. The Morgan fingerprint density at radius 1 is 1.22 bits per heavy atom. The summed E-state index contributed by atoms with van der Waals surface area (Å²) in [6.45, 7) is 2.04. The average molecular weight is 303 g/mol. The fraction of sp³-hybridized carbons (Fsp3) is 0.154. The number of aryl methyl sites for hydroxylation is 1. The third-order valence-corrected chi connectivity index (χ3v) is 3.15. The molecule has 0 unspecified atom stereocenters. The average Bonchev–Trinajstić information content (AvgIpc) is 2.81. The molecule has 0 saturated heterocycles. The first-order valence-electron chi connectivity index (χ1n) is 5.74. The number of aromatic nitrogens is 4. The van der Waals surface area contributed by atoms with Crippen molar-refractivity contribution in [3.63, 3.8) is 0 Å². The van der Waals surface area contributed by atoms with Gasteiger partial charge in [0, 0.05) is 12.5 Å². The van der Waals surface area contributed by atoms with Gasteiger partial charge >= 0.3 is 0 Å². The van der Waals surface area contributed by atoms with E-state index in [1.807, 2.05) is 41.8 Å². The minimum absolute atomic E-state index is 0.794. The van der Waals surface area contributed by atoms with Crippen molar-refractivity contribution in [1.29, 1.82) is 0 Å². The Hall–Kier alpha value is -1.75. The van der Waals surface area contributed by atoms with E-state index in [1.54, 1.807) is 6.33 Å². The van der Waals surface area contributed by atoms with Crippen molar-refractivity contribution in [2.45, 2.75) is 13.3 Å². The molecule has 0 bridgehead atoms. The zero-order valence-corrected chi connectivity index (χ0v) is 11.4. The van der Waals surface area contributed by atoms with Gasteiger partial charge in [0.2, 0.25) is 0 Å². The molecule has 0 aliphatic rings. The summed E-state index contributed by atoms with van der Waals surface area (Å²) in [6, 6.07) is 9.89. The molecule has 0 aliphatic carbocycles. The van der Waals surface area contributed by atoms with Gasteiger partial charge in [-0.2, -0.15) is 0 Å². The van der Waals surface area contributed by atoms with Crippen molar-refractivity contribution >= 4 is 27.0 Å². The predicted molar refractivity (Wildman–Crippen MR) is 73.7 cm³/mol. The highest BCUT2D eigenvalue weighted by Crippen LogP contribution is 2.18. The molecular formula is C13H11BrN4. The van der Waals surface area contributed by atoms with E-state index in [-0.39, 0.29) is 0 Å². The molecule has 0 N–H and O–H groups in total. The number of imidazole rings is 1. The van der Waals surface area contributed by atoms with Crippen molar-refractivity contribution in [3.8, 4) is 5.82 Å². The first-order chi connectivity index (χ1) is 8.78. The molecule has 0 radical (unpaired) electrons. The van der Waals surface area contributed by atoms with Crippen LogP contribution in [0, 0.1) is 0 Å². The van der Waals surface area contributed by atoms with Crippen molar-refractivity contribution in [1.82, 2.24) is 19.5 Å². The molecule has 2 heterocycles. The molecule has 3 rings (SSSR count). The second-order valence-electron chi connectivity index (χ2n) is 3.92. The third-order valence-electron chi connectivity index (χ3n) is 2.74. The molecule has 2 aromatic heterocycles. The lowest BCUT2D eigenvalue weighted by atomic mass is 10.3. The van der Waals surface area contributed by atoms with Gasteiger partial charge in [-0.05, 0) is 28.1 Å². The fourth-order valence-electron chi connectivity index (χ4n) is 1.87. The molecular weight excluding hydrogens is 292 g/mol. The molecule has 4 nitrogen and oxygen atoms in total. The number of hydrogen-bond acceptors (Lipinski definition) is 3. The summed E-state index contributed by atoms with van der Waals surface area (Å²) in [4.78, 5) is 13.2. The normalized spacial score (nSPS) is 11.0. The van der Waals surface area contributed by atoms with E-state index in [4.69, 9.17) is 0 Å². The number of para-hydroxylation sites is 2. The van der Waals surface area contributed by atoms with Crippen molar-refractivity contribution in [2.24, 2.45) is 0 Å². The third kappa shape index (κ3) is 1.90. The van der Waals surface area contributed by atoms with Crippen LogP contribution >= 0.6 is 15.9 Å². The van der Waals surface area contributed by atoms with Crippen molar-refractivity contribution in [2.75, 3.05) is 0 Å². The lowest BCUT2D eigenvalue weighted by Crippen LogP contribution is -2.01. The predicted octanol–water partition coefficient (Wildman–Crippen LogP) is 3.14. The van der Waals surface area contributed by atoms with Crippen LogP contribution in [0.5, 0.6) is 0 Å². The zero-order valence-electron chi connectivity index (χ0n) is 9.84. The summed E-state index contributed by atoms with van der Waals surface area (Å²) in [5, 5.41) is 0. The maximum absolute atomic E-state index is 4.53. The SMILES string of the molecule is CCc1nc(Br)cc(-n2cnc3ccccc32)n1. The van der Waals surface area contributed by atoms with Crippen LogP contribution in [0.15, 0.2) is 41.3 Å². The van der Waals surface area contributed by atoms with E-state index < -0.39 is 0 Å². The number of benzene rings is 1. The van der Waals surface area contributed by atoms with Crippen LogP contribution in [0.4, 0.5) is 0 Å². The molecule has 0 saturated carbocycles. The highest BCUT2D eigenvalue weighted by molar-refractivity contribution is 9.10. The van der Waals surface area contributed by atoms with Crippen LogP contribution in [-0.4, -0.2) is 19.5 Å². The van der Waals surface area contributed by atoms with Gasteiger partial charge in [-0.25, -0.2) is 15.0 Å². The lowest BCUT2D eigenvalue weighted by molar-refractivity contribution is 0.886. The van der Waals surface area contributed by atoms with E-state index in [0.717, 1.165) is 33.7 Å². The van der Waals surface area contributed by atoms with Gasteiger partial charge in [0.1, 0.15) is 22.6 Å². The van der Waals surface area contributed by atoms with Crippen LogP contribution in [0.1, 0.15) is 12.7 Å².